The molecule has 0 aromatic heterocycles. The number of carbonyl (C=O) groups is 2. The van der Waals surface area contributed by atoms with Crippen LogP contribution in [0.1, 0.15) is 24.0 Å². The molecular formula is C19H27N3O4. The Kier molecular flexibility index (Phi) is 5.98. The Balaban J connectivity index is 1.57. The minimum Gasteiger partial charge on any atom is -0.493 e. The van der Waals surface area contributed by atoms with Crippen LogP contribution in [0.2, 0.25) is 0 Å². The second kappa shape index (κ2) is 8.40. The Morgan fingerprint density at radius 3 is 2.12 bits per heavy atom. The van der Waals surface area contributed by atoms with Crippen molar-refractivity contribution < 1.29 is 19.1 Å². The minimum absolute atomic E-state index is 0.0360. The molecule has 0 saturated carbocycles. The van der Waals surface area contributed by atoms with Gasteiger partial charge in [-0.2, -0.15) is 0 Å². The summed E-state index contributed by atoms with van der Waals surface area (Å²) in [5.41, 5.74) is 2.26. The van der Waals surface area contributed by atoms with Crippen molar-refractivity contribution in [2.75, 3.05) is 46.9 Å². The molecule has 2 heterocycles. The van der Waals surface area contributed by atoms with Gasteiger partial charge in [0.05, 0.1) is 14.2 Å². The molecule has 142 valence electrons. The quantitative estimate of drug-likeness (QED) is 0.840. The highest BCUT2D eigenvalue weighted by atomic mass is 16.5. The number of carbonyl (C=O) groups excluding carboxylic acids is 2. The molecule has 0 spiro atoms. The minimum atomic E-state index is 0.0360. The summed E-state index contributed by atoms with van der Waals surface area (Å²) in [6.45, 7) is 4.33. The van der Waals surface area contributed by atoms with Gasteiger partial charge in [0.15, 0.2) is 11.5 Å². The molecule has 0 bridgehead atoms. The van der Waals surface area contributed by atoms with Crippen molar-refractivity contribution >= 4 is 11.8 Å². The van der Waals surface area contributed by atoms with Gasteiger partial charge in [-0.3, -0.25) is 9.59 Å². The number of hydrogen-bond acceptors (Lipinski definition) is 5. The largest absolute Gasteiger partial charge is 0.493 e. The van der Waals surface area contributed by atoms with Crippen molar-refractivity contribution in [3.8, 4) is 11.5 Å². The van der Waals surface area contributed by atoms with E-state index < -0.39 is 0 Å². The van der Waals surface area contributed by atoms with Crippen molar-refractivity contribution in [1.29, 1.82) is 0 Å². The topological polar surface area (TPSA) is 71.1 Å². The molecule has 0 radical (unpaired) electrons. The van der Waals surface area contributed by atoms with Crippen LogP contribution in [-0.2, 0) is 22.6 Å². The maximum absolute atomic E-state index is 12.6. The van der Waals surface area contributed by atoms with Gasteiger partial charge in [0.1, 0.15) is 0 Å². The normalized spacial score (nSPS) is 16.8. The number of nitrogens with zero attached hydrogens (tertiary/aromatic N) is 2. The Bertz CT molecular complexity index is 671. The third-order valence-corrected chi connectivity index (χ3v) is 5.09. The van der Waals surface area contributed by atoms with E-state index in [4.69, 9.17) is 9.47 Å². The number of nitrogens with one attached hydrogen (secondary N) is 1. The van der Waals surface area contributed by atoms with E-state index in [-0.39, 0.29) is 24.7 Å². The Hall–Kier alpha value is -2.28. The summed E-state index contributed by atoms with van der Waals surface area (Å²) in [6, 6.07) is 3.93. The Labute approximate surface area is 154 Å². The van der Waals surface area contributed by atoms with Gasteiger partial charge in [0, 0.05) is 52.1 Å². The van der Waals surface area contributed by atoms with E-state index in [1.165, 1.54) is 5.56 Å². The van der Waals surface area contributed by atoms with Crippen LogP contribution in [0.25, 0.3) is 0 Å². The molecule has 7 nitrogen and oxygen atoms in total. The highest BCUT2D eigenvalue weighted by Crippen LogP contribution is 2.33. The maximum Gasteiger partial charge on any atom is 0.223 e. The number of ether oxygens (including phenoxy) is 2. The smallest absolute Gasteiger partial charge is 0.223 e. The lowest BCUT2D eigenvalue weighted by Gasteiger charge is -2.30. The van der Waals surface area contributed by atoms with Crippen LogP contribution >= 0.6 is 0 Å². The van der Waals surface area contributed by atoms with Crippen LogP contribution in [0, 0.1) is 0 Å². The van der Waals surface area contributed by atoms with Crippen LogP contribution < -0.4 is 14.8 Å². The summed E-state index contributed by atoms with van der Waals surface area (Å²) >= 11 is 0. The number of rotatable bonds is 5. The molecule has 2 amide bonds. The molecule has 1 fully saturated rings. The van der Waals surface area contributed by atoms with Gasteiger partial charge in [0.25, 0.3) is 0 Å². The lowest BCUT2D eigenvalue weighted by Crippen LogP contribution is -2.46. The predicted octanol–water partition coefficient (Wildman–Crippen LogP) is 0.801. The second-order valence-electron chi connectivity index (χ2n) is 6.67. The first-order chi connectivity index (χ1) is 12.6. The van der Waals surface area contributed by atoms with E-state index in [1.807, 2.05) is 21.9 Å². The number of methoxy groups -OCH3 is 2. The standard InChI is InChI=1S/C19H27N3O4/c1-25-16-11-14-5-8-22(13-15(14)12-17(16)26-2)19(24)4-3-18(23)21-9-6-20-7-10-21/h11-12,20H,3-10,13H2,1-2H3. The summed E-state index contributed by atoms with van der Waals surface area (Å²) < 4.78 is 10.7. The molecule has 2 aliphatic rings. The molecule has 3 rings (SSSR count). The van der Waals surface area contributed by atoms with E-state index in [0.29, 0.717) is 24.6 Å². The molecule has 0 atom stereocenters. The van der Waals surface area contributed by atoms with Crippen LogP contribution in [0.3, 0.4) is 0 Å². The van der Waals surface area contributed by atoms with Crippen molar-refractivity contribution in [2.24, 2.45) is 0 Å². The third kappa shape index (κ3) is 4.09. The van der Waals surface area contributed by atoms with Crippen LogP contribution in [0.15, 0.2) is 12.1 Å². The number of fused-ring (bicyclic) bond motifs is 1. The van der Waals surface area contributed by atoms with E-state index in [2.05, 4.69) is 5.32 Å². The van der Waals surface area contributed by atoms with Crippen molar-refractivity contribution in [3.05, 3.63) is 23.3 Å². The molecule has 1 saturated heterocycles. The summed E-state index contributed by atoms with van der Waals surface area (Å²) in [4.78, 5) is 28.5. The SMILES string of the molecule is COc1cc2c(cc1OC)CN(C(=O)CCC(=O)N1CCNCC1)CC2. The van der Waals surface area contributed by atoms with Gasteiger partial charge in [-0.05, 0) is 29.7 Å². The van der Waals surface area contributed by atoms with Crippen LogP contribution in [0.4, 0.5) is 0 Å². The molecule has 7 heteroatoms. The predicted molar refractivity (Wildman–Crippen MR) is 97.4 cm³/mol. The molecule has 0 unspecified atom stereocenters. The zero-order valence-corrected chi connectivity index (χ0v) is 15.5. The summed E-state index contributed by atoms with van der Waals surface area (Å²) in [7, 11) is 3.23. The van der Waals surface area contributed by atoms with Crippen molar-refractivity contribution in [2.45, 2.75) is 25.8 Å². The number of piperazine rings is 1. The molecule has 1 aromatic carbocycles. The van der Waals surface area contributed by atoms with E-state index in [1.54, 1.807) is 14.2 Å². The van der Waals surface area contributed by atoms with Gasteiger partial charge >= 0.3 is 0 Å². The fourth-order valence-corrected chi connectivity index (χ4v) is 3.54. The first kappa shape index (κ1) is 18.5. The van der Waals surface area contributed by atoms with Gasteiger partial charge in [-0.1, -0.05) is 0 Å². The van der Waals surface area contributed by atoms with Crippen LogP contribution in [0.5, 0.6) is 11.5 Å². The molecule has 0 aliphatic carbocycles. The highest BCUT2D eigenvalue weighted by molar-refractivity contribution is 5.84. The average Bonchev–Trinajstić information content (AvgIpc) is 2.70. The lowest BCUT2D eigenvalue weighted by atomic mass is 9.98. The van der Waals surface area contributed by atoms with E-state index in [0.717, 1.165) is 38.2 Å². The molecular weight excluding hydrogens is 334 g/mol. The van der Waals surface area contributed by atoms with E-state index in [9.17, 15) is 9.59 Å². The maximum atomic E-state index is 12.6. The van der Waals surface area contributed by atoms with E-state index >= 15 is 0 Å². The fourth-order valence-electron chi connectivity index (χ4n) is 3.54. The summed E-state index contributed by atoms with van der Waals surface area (Å²) in [5, 5.41) is 3.22. The van der Waals surface area contributed by atoms with Crippen LogP contribution in [-0.4, -0.2) is 68.6 Å². The first-order valence-electron chi connectivity index (χ1n) is 9.12. The van der Waals surface area contributed by atoms with Gasteiger partial charge in [-0.15, -0.1) is 0 Å². The molecule has 1 N–H and O–H groups in total. The monoisotopic (exact) mass is 361 g/mol. The summed E-state index contributed by atoms with van der Waals surface area (Å²) in [6.07, 6.45) is 1.34. The second-order valence-corrected chi connectivity index (χ2v) is 6.67. The van der Waals surface area contributed by atoms with Gasteiger partial charge < -0.3 is 24.6 Å². The number of benzene rings is 1. The molecule has 2 aliphatic heterocycles. The molecule has 1 aromatic rings. The van der Waals surface area contributed by atoms with Crippen molar-refractivity contribution in [3.63, 3.8) is 0 Å². The Morgan fingerprint density at radius 2 is 1.50 bits per heavy atom. The first-order valence-corrected chi connectivity index (χ1v) is 9.12. The highest BCUT2D eigenvalue weighted by Gasteiger charge is 2.24. The van der Waals surface area contributed by atoms with Gasteiger partial charge in [0.2, 0.25) is 11.8 Å². The number of hydrogen-bond donors (Lipinski definition) is 1. The van der Waals surface area contributed by atoms with Crippen molar-refractivity contribution in [1.82, 2.24) is 15.1 Å². The zero-order valence-electron chi connectivity index (χ0n) is 15.5. The lowest BCUT2D eigenvalue weighted by molar-refractivity contribution is -0.137. The number of amides is 2. The third-order valence-electron chi connectivity index (χ3n) is 5.09. The zero-order chi connectivity index (χ0) is 18.5. The summed E-state index contributed by atoms with van der Waals surface area (Å²) in [5.74, 6) is 1.50. The fraction of sp³-hybridized carbons (Fsp3) is 0.579. The Morgan fingerprint density at radius 1 is 0.923 bits per heavy atom. The van der Waals surface area contributed by atoms with Gasteiger partial charge in [-0.25, -0.2) is 0 Å². The average molecular weight is 361 g/mol. The molecule has 26 heavy (non-hydrogen) atoms.